The van der Waals surface area contributed by atoms with Crippen molar-refractivity contribution >= 4 is 0 Å². The van der Waals surface area contributed by atoms with Crippen LogP contribution in [-0.2, 0) is 19.4 Å². The summed E-state index contributed by atoms with van der Waals surface area (Å²) in [4.78, 5) is 0. The maximum absolute atomic E-state index is 6.07. The van der Waals surface area contributed by atoms with Gasteiger partial charge in [-0.3, -0.25) is 0 Å². The Morgan fingerprint density at radius 2 is 1.75 bits per heavy atom. The second-order valence-corrected chi connectivity index (χ2v) is 5.72. The molecule has 0 amide bonds. The molecule has 1 aliphatic carbocycles. The van der Waals surface area contributed by atoms with Crippen LogP contribution in [0.4, 0.5) is 0 Å². The molecule has 1 aliphatic rings. The van der Waals surface area contributed by atoms with Crippen LogP contribution in [0, 0.1) is 13.8 Å². The van der Waals surface area contributed by atoms with Crippen LogP contribution in [0.5, 0.6) is 5.75 Å². The van der Waals surface area contributed by atoms with E-state index in [-0.39, 0.29) is 0 Å². The average molecular weight is 269 g/mol. The molecule has 0 saturated heterocycles. The highest BCUT2D eigenvalue weighted by Gasteiger charge is 2.13. The standard InChI is InChI=1S/C18H23NO/c1-14-10-11-15(2)19(14)12-13-20-18-9-5-7-16-6-3-4-8-17(16)18/h5,7,9-11H,3-4,6,8,12-13H2,1-2H3. The maximum Gasteiger partial charge on any atom is 0.122 e. The minimum Gasteiger partial charge on any atom is -0.491 e. The fraction of sp³-hybridized carbons (Fsp3) is 0.444. The molecule has 1 aromatic carbocycles. The lowest BCUT2D eigenvalue weighted by Gasteiger charge is -2.20. The SMILES string of the molecule is Cc1ccc(C)n1CCOc1cccc2c1CCCC2. The van der Waals surface area contributed by atoms with Gasteiger partial charge in [-0.15, -0.1) is 0 Å². The van der Waals surface area contributed by atoms with Crippen molar-refractivity contribution in [3.8, 4) is 5.75 Å². The van der Waals surface area contributed by atoms with Crippen LogP contribution < -0.4 is 4.74 Å². The summed E-state index contributed by atoms with van der Waals surface area (Å²) in [5.41, 5.74) is 5.55. The van der Waals surface area contributed by atoms with Crippen molar-refractivity contribution in [3.05, 3.63) is 52.8 Å². The van der Waals surface area contributed by atoms with E-state index >= 15 is 0 Å². The first-order chi connectivity index (χ1) is 9.75. The summed E-state index contributed by atoms with van der Waals surface area (Å²) in [6.07, 6.45) is 5.00. The Morgan fingerprint density at radius 3 is 2.55 bits per heavy atom. The fourth-order valence-corrected chi connectivity index (χ4v) is 3.18. The molecule has 3 rings (SSSR count). The van der Waals surface area contributed by atoms with E-state index in [4.69, 9.17) is 4.74 Å². The van der Waals surface area contributed by atoms with Crippen molar-refractivity contribution in [2.24, 2.45) is 0 Å². The molecule has 20 heavy (non-hydrogen) atoms. The Morgan fingerprint density at radius 1 is 1.00 bits per heavy atom. The summed E-state index contributed by atoms with van der Waals surface area (Å²) in [6.45, 7) is 5.97. The minimum atomic E-state index is 0.743. The van der Waals surface area contributed by atoms with E-state index in [1.807, 2.05) is 0 Å². The number of hydrogen-bond donors (Lipinski definition) is 0. The zero-order valence-electron chi connectivity index (χ0n) is 12.5. The van der Waals surface area contributed by atoms with Crippen LogP contribution in [0.3, 0.4) is 0 Å². The third kappa shape index (κ3) is 2.60. The molecule has 0 unspecified atom stereocenters. The van der Waals surface area contributed by atoms with E-state index in [0.717, 1.165) is 18.9 Å². The fourth-order valence-electron chi connectivity index (χ4n) is 3.18. The molecule has 2 nitrogen and oxygen atoms in total. The molecule has 106 valence electrons. The van der Waals surface area contributed by atoms with Crippen LogP contribution in [0.1, 0.15) is 35.4 Å². The second-order valence-electron chi connectivity index (χ2n) is 5.72. The van der Waals surface area contributed by atoms with E-state index in [2.05, 4.69) is 48.7 Å². The van der Waals surface area contributed by atoms with E-state index in [1.165, 1.54) is 48.2 Å². The third-order valence-electron chi connectivity index (χ3n) is 4.34. The Balaban J connectivity index is 1.67. The van der Waals surface area contributed by atoms with Gasteiger partial charge in [-0.2, -0.15) is 0 Å². The van der Waals surface area contributed by atoms with Gasteiger partial charge in [0.25, 0.3) is 0 Å². The lowest BCUT2D eigenvalue weighted by Crippen LogP contribution is -2.12. The predicted octanol–water partition coefficient (Wildman–Crippen LogP) is 4.06. The molecule has 0 fully saturated rings. The lowest BCUT2D eigenvalue weighted by atomic mass is 9.91. The molecular formula is C18H23NO. The number of ether oxygens (including phenoxy) is 1. The first kappa shape index (κ1) is 13.3. The topological polar surface area (TPSA) is 14.2 Å². The number of fused-ring (bicyclic) bond motifs is 1. The van der Waals surface area contributed by atoms with Gasteiger partial charge in [0.2, 0.25) is 0 Å². The monoisotopic (exact) mass is 269 g/mol. The summed E-state index contributed by atoms with van der Waals surface area (Å²) in [5.74, 6) is 1.10. The van der Waals surface area contributed by atoms with Gasteiger partial charge >= 0.3 is 0 Å². The van der Waals surface area contributed by atoms with Gasteiger partial charge in [0.15, 0.2) is 0 Å². The van der Waals surface area contributed by atoms with Crippen molar-refractivity contribution in [3.63, 3.8) is 0 Å². The highest BCUT2D eigenvalue weighted by Crippen LogP contribution is 2.29. The van der Waals surface area contributed by atoms with Gasteiger partial charge in [0.05, 0.1) is 6.54 Å². The maximum atomic E-state index is 6.07. The molecule has 2 heteroatoms. The highest BCUT2D eigenvalue weighted by atomic mass is 16.5. The van der Waals surface area contributed by atoms with Crippen molar-refractivity contribution in [2.75, 3.05) is 6.61 Å². The van der Waals surface area contributed by atoms with Crippen LogP contribution in [0.25, 0.3) is 0 Å². The molecule has 0 atom stereocenters. The number of rotatable bonds is 4. The molecule has 0 aliphatic heterocycles. The lowest BCUT2D eigenvalue weighted by molar-refractivity contribution is 0.292. The van der Waals surface area contributed by atoms with Crippen molar-refractivity contribution in [1.82, 2.24) is 4.57 Å². The molecular weight excluding hydrogens is 246 g/mol. The van der Waals surface area contributed by atoms with Crippen molar-refractivity contribution < 1.29 is 4.74 Å². The number of nitrogens with zero attached hydrogens (tertiary/aromatic N) is 1. The molecule has 0 spiro atoms. The molecule has 0 N–H and O–H groups in total. The molecule has 0 radical (unpaired) electrons. The summed E-state index contributed by atoms with van der Waals surface area (Å²) >= 11 is 0. The summed E-state index contributed by atoms with van der Waals surface area (Å²) in [7, 11) is 0. The third-order valence-corrected chi connectivity index (χ3v) is 4.34. The van der Waals surface area contributed by atoms with Gasteiger partial charge in [0, 0.05) is 11.4 Å². The summed E-state index contributed by atoms with van der Waals surface area (Å²) in [5, 5.41) is 0. The Bertz CT molecular complexity index is 578. The molecule has 1 heterocycles. The van der Waals surface area contributed by atoms with Crippen LogP contribution in [0.2, 0.25) is 0 Å². The Labute approximate surface area is 121 Å². The summed E-state index contributed by atoms with van der Waals surface area (Å²) < 4.78 is 8.38. The number of hydrogen-bond acceptors (Lipinski definition) is 1. The Kier molecular flexibility index (Phi) is 3.81. The van der Waals surface area contributed by atoms with Gasteiger partial charge in [-0.1, -0.05) is 12.1 Å². The highest BCUT2D eigenvalue weighted by molar-refractivity contribution is 5.41. The number of aromatic nitrogens is 1. The summed E-state index contributed by atoms with van der Waals surface area (Å²) in [6, 6.07) is 10.8. The minimum absolute atomic E-state index is 0.743. The average Bonchev–Trinajstić information content (AvgIpc) is 2.79. The van der Waals surface area contributed by atoms with Crippen molar-refractivity contribution in [1.29, 1.82) is 0 Å². The van der Waals surface area contributed by atoms with E-state index in [1.54, 1.807) is 0 Å². The van der Waals surface area contributed by atoms with E-state index in [0.29, 0.717) is 0 Å². The van der Waals surface area contributed by atoms with Crippen LogP contribution in [0.15, 0.2) is 30.3 Å². The van der Waals surface area contributed by atoms with Gasteiger partial charge < -0.3 is 9.30 Å². The molecule has 1 aromatic heterocycles. The van der Waals surface area contributed by atoms with Crippen molar-refractivity contribution in [2.45, 2.75) is 46.1 Å². The Hall–Kier alpha value is -1.70. The number of benzene rings is 1. The predicted molar refractivity (Wildman–Crippen MR) is 82.5 cm³/mol. The zero-order chi connectivity index (χ0) is 13.9. The molecule has 0 bridgehead atoms. The largest absolute Gasteiger partial charge is 0.491 e. The van der Waals surface area contributed by atoms with Gasteiger partial charge in [-0.05, 0) is 68.9 Å². The molecule has 2 aromatic rings. The van der Waals surface area contributed by atoms with Crippen LogP contribution in [-0.4, -0.2) is 11.2 Å². The number of aryl methyl sites for hydroxylation is 3. The molecule has 0 saturated carbocycles. The normalized spacial score (nSPS) is 14.1. The smallest absolute Gasteiger partial charge is 0.122 e. The first-order valence-corrected chi connectivity index (χ1v) is 7.62. The van der Waals surface area contributed by atoms with E-state index in [9.17, 15) is 0 Å². The van der Waals surface area contributed by atoms with Crippen LogP contribution >= 0.6 is 0 Å². The first-order valence-electron chi connectivity index (χ1n) is 7.62. The quantitative estimate of drug-likeness (QED) is 0.816. The van der Waals surface area contributed by atoms with E-state index < -0.39 is 0 Å². The second kappa shape index (κ2) is 5.74. The zero-order valence-corrected chi connectivity index (χ0v) is 12.5. The van der Waals surface area contributed by atoms with Gasteiger partial charge in [0.1, 0.15) is 12.4 Å². The van der Waals surface area contributed by atoms with Gasteiger partial charge in [-0.25, -0.2) is 0 Å².